The Kier molecular flexibility index (Phi) is 3.99. The molecular formula is C13H21N3O. The first-order chi connectivity index (χ1) is 8.16. The minimum absolute atomic E-state index is 0.0701. The minimum Gasteiger partial charge on any atom is -0.493 e. The quantitative estimate of drug-likeness (QED) is 0.734. The lowest BCUT2D eigenvalue weighted by Gasteiger charge is -2.13. The molecular weight excluding hydrogens is 214 g/mol. The molecule has 0 aliphatic carbocycles. The monoisotopic (exact) mass is 235 g/mol. The highest BCUT2D eigenvalue weighted by Gasteiger charge is 2.19. The molecule has 1 fully saturated rings. The lowest BCUT2D eigenvalue weighted by Crippen LogP contribution is -2.37. The van der Waals surface area contributed by atoms with E-state index < -0.39 is 0 Å². The molecule has 17 heavy (non-hydrogen) atoms. The molecule has 0 aromatic heterocycles. The van der Waals surface area contributed by atoms with E-state index in [4.69, 9.17) is 10.5 Å². The lowest BCUT2D eigenvalue weighted by molar-refractivity contribution is 0.288. The minimum atomic E-state index is 0.0701. The number of nitrogens with two attached hydrogens (primary N) is 1. The molecule has 0 amide bonds. The van der Waals surface area contributed by atoms with Crippen LogP contribution < -0.4 is 21.3 Å². The topological polar surface area (TPSA) is 59.3 Å². The van der Waals surface area contributed by atoms with E-state index in [1.54, 1.807) is 0 Å². The van der Waals surface area contributed by atoms with E-state index in [0.29, 0.717) is 6.04 Å². The predicted octanol–water partition coefficient (Wildman–Crippen LogP) is 1.22. The van der Waals surface area contributed by atoms with Crippen molar-refractivity contribution in [3.63, 3.8) is 0 Å². The molecule has 1 aliphatic heterocycles. The van der Waals surface area contributed by atoms with Crippen molar-refractivity contribution in [2.75, 3.05) is 6.61 Å². The summed E-state index contributed by atoms with van der Waals surface area (Å²) in [5.74, 6) is 0.986. The molecule has 1 heterocycles. The van der Waals surface area contributed by atoms with E-state index in [1.807, 2.05) is 12.1 Å². The van der Waals surface area contributed by atoms with Crippen LogP contribution in [0.4, 0.5) is 0 Å². The number of hydrazine groups is 1. The van der Waals surface area contributed by atoms with Crippen LogP contribution in [-0.4, -0.2) is 18.8 Å². The molecule has 0 spiro atoms. The fourth-order valence-electron chi connectivity index (χ4n) is 2.03. The highest BCUT2D eigenvalue weighted by atomic mass is 16.5. The van der Waals surface area contributed by atoms with Gasteiger partial charge in [-0.15, -0.1) is 0 Å². The smallest absolute Gasteiger partial charge is 0.122 e. The fourth-order valence-corrected chi connectivity index (χ4v) is 2.03. The third-order valence-corrected chi connectivity index (χ3v) is 3.29. The summed E-state index contributed by atoms with van der Waals surface area (Å²) in [7, 11) is 0. The van der Waals surface area contributed by atoms with Crippen molar-refractivity contribution in [3.05, 3.63) is 29.3 Å². The van der Waals surface area contributed by atoms with Gasteiger partial charge in [-0.2, -0.15) is 0 Å². The van der Waals surface area contributed by atoms with Gasteiger partial charge < -0.3 is 10.5 Å². The Balaban J connectivity index is 1.80. The van der Waals surface area contributed by atoms with Crippen molar-refractivity contribution in [2.45, 2.75) is 38.9 Å². The fraction of sp³-hybridized carbons (Fsp3) is 0.538. The number of benzene rings is 1. The van der Waals surface area contributed by atoms with Gasteiger partial charge in [-0.05, 0) is 43.9 Å². The van der Waals surface area contributed by atoms with E-state index in [9.17, 15) is 0 Å². The van der Waals surface area contributed by atoms with Crippen LogP contribution in [0.15, 0.2) is 18.2 Å². The maximum Gasteiger partial charge on any atom is 0.122 e. The second-order valence-corrected chi connectivity index (χ2v) is 4.66. The molecule has 1 aromatic rings. The highest BCUT2D eigenvalue weighted by molar-refractivity contribution is 5.38. The first kappa shape index (κ1) is 12.4. The second-order valence-electron chi connectivity index (χ2n) is 4.66. The van der Waals surface area contributed by atoms with Crippen molar-refractivity contribution >= 4 is 0 Å². The summed E-state index contributed by atoms with van der Waals surface area (Å²) < 4.78 is 5.81. The summed E-state index contributed by atoms with van der Waals surface area (Å²) in [4.78, 5) is 0. The Morgan fingerprint density at radius 3 is 2.88 bits per heavy atom. The van der Waals surface area contributed by atoms with Gasteiger partial charge in [-0.3, -0.25) is 5.43 Å². The molecule has 2 rings (SSSR count). The van der Waals surface area contributed by atoms with Gasteiger partial charge in [0.25, 0.3) is 0 Å². The van der Waals surface area contributed by atoms with Gasteiger partial charge in [0.1, 0.15) is 5.75 Å². The Labute approximate surface area is 103 Å². The molecule has 4 nitrogen and oxygen atoms in total. The van der Waals surface area contributed by atoms with Crippen molar-refractivity contribution in [1.29, 1.82) is 0 Å². The number of ether oxygens (including phenoxy) is 1. The lowest BCUT2D eigenvalue weighted by atomic mass is 10.1. The van der Waals surface area contributed by atoms with Crippen molar-refractivity contribution in [1.82, 2.24) is 10.9 Å². The normalized spacial score (nSPS) is 23.9. The van der Waals surface area contributed by atoms with E-state index in [0.717, 1.165) is 25.2 Å². The average molecular weight is 235 g/mol. The molecule has 1 saturated heterocycles. The maximum atomic E-state index is 5.81. The molecule has 2 unspecified atom stereocenters. The van der Waals surface area contributed by atoms with Gasteiger partial charge in [0.2, 0.25) is 0 Å². The molecule has 4 N–H and O–H groups in total. The highest BCUT2D eigenvalue weighted by Crippen LogP contribution is 2.20. The average Bonchev–Trinajstić information content (AvgIpc) is 2.70. The summed E-state index contributed by atoms with van der Waals surface area (Å²) in [5, 5.41) is 0. The molecule has 4 heteroatoms. The first-order valence-corrected chi connectivity index (χ1v) is 6.12. The van der Waals surface area contributed by atoms with Crippen LogP contribution in [-0.2, 0) is 0 Å². The first-order valence-electron chi connectivity index (χ1n) is 6.12. The van der Waals surface area contributed by atoms with Crippen LogP contribution in [0.3, 0.4) is 0 Å². The summed E-state index contributed by atoms with van der Waals surface area (Å²) in [6.07, 6.45) is 1.99. The van der Waals surface area contributed by atoms with Crippen LogP contribution in [0.25, 0.3) is 0 Å². The zero-order valence-electron chi connectivity index (χ0n) is 10.5. The van der Waals surface area contributed by atoms with Crippen molar-refractivity contribution in [2.24, 2.45) is 5.73 Å². The standard InChI is InChI=1S/C13H21N3O/c1-9-4-3-5-12(10(9)2)17-7-6-11-8-13(14)16-15-11/h3-5,11,13,15-16H,6-8,14H2,1-2H3. The number of rotatable bonds is 4. The van der Waals surface area contributed by atoms with Crippen molar-refractivity contribution in [3.8, 4) is 5.75 Å². The Hall–Kier alpha value is -1.10. The van der Waals surface area contributed by atoms with E-state index in [2.05, 4.69) is 30.8 Å². The Bertz CT molecular complexity index is 381. The molecule has 1 aliphatic rings. The number of hydrogen-bond donors (Lipinski definition) is 3. The molecule has 0 saturated carbocycles. The zero-order chi connectivity index (χ0) is 12.3. The molecule has 94 valence electrons. The zero-order valence-corrected chi connectivity index (χ0v) is 10.5. The molecule has 0 radical (unpaired) electrons. The largest absolute Gasteiger partial charge is 0.493 e. The van der Waals surface area contributed by atoms with E-state index in [-0.39, 0.29) is 6.17 Å². The van der Waals surface area contributed by atoms with Gasteiger partial charge in [-0.1, -0.05) is 12.1 Å². The number of nitrogens with one attached hydrogen (secondary N) is 2. The maximum absolute atomic E-state index is 5.81. The number of aryl methyl sites for hydroxylation is 1. The van der Waals surface area contributed by atoms with Crippen LogP contribution in [0.2, 0.25) is 0 Å². The summed E-state index contributed by atoms with van der Waals surface area (Å²) in [6.45, 7) is 4.91. The molecule has 2 atom stereocenters. The van der Waals surface area contributed by atoms with Crippen LogP contribution in [0.1, 0.15) is 24.0 Å². The molecule has 1 aromatic carbocycles. The van der Waals surface area contributed by atoms with Gasteiger partial charge in [0, 0.05) is 6.04 Å². The van der Waals surface area contributed by atoms with Gasteiger partial charge in [-0.25, -0.2) is 5.43 Å². The van der Waals surface area contributed by atoms with E-state index >= 15 is 0 Å². The SMILES string of the molecule is Cc1cccc(OCCC2CC(N)NN2)c1C. The Morgan fingerprint density at radius 1 is 1.35 bits per heavy atom. The van der Waals surface area contributed by atoms with Crippen molar-refractivity contribution < 1.29 is 4.74 Å². The van der Waals surface area contributed by atoms with Gasteiger partial charge in [0.05, 0.1) is 12.8 Å². The number of hydrogen-bond acceptors (Lipinski definition) is 4. The van der Waals surface area contributed by atoms with E-state index in [1.165, 1.54) is 11.1 Å². The van der Waals surface area contributed by atoms with Gasteiger partial charge >= 0.3 is 0 Å². The van der Waals surface area contributed by atoms with Crippen LogP contribution in [0.5, 0.6) is 5.75 Å². The third-order valence-electron chi connectivity index (χ3n) is 3.29. The molecule has 0 bridgehead atoms. The van der Waals surface area contributed by atoms with Crippen LogP contribution in [0, 0.1) is 13.8 Å². The van der Waals surface area contributed by atoms with Crippen LogP contribution >= 0.6 is 0 Å². The predicted molar refractivity (Wildman–Crippen MR) is 68.7 cm³/mol. The van der Waals surface area contributed by atoms with Gasteiger partial charge in [0.15, 0.2) is 0 Å². The third kappa shape index (κ3) is 3.19. The summed E-state index contributed by atoms with van der Waals surface area (Å²) in [5.41, 5.74) is 14.4. The second kappa shape index (κ2) is 5.49. The Morgan fingerprint density at radius 2 is 2.18 bits per heavy atom. The summed E-state index contributed by atoms with van der Waals surface area (Å²) in [6, 6.07) is 6.57. The summed E-state index contributed by atoms with van der Waals surface area (Å²) >= 11 is 0.